The van der Waals surface area contributed by atoms with E-state index in [1.54, 1.807) is 20.8 Å². The molecular weight excluding hydrogens is 277 g/mol. The van der Waals surface area contributed by atoms with Gasteiger partial charge in [-0.05, 0) is 33.3 Å². The van der Waals surface area contributed by atoms with Crippen molar-refractivity contribution in [2.45, 2.75) is 46.1 Å². The van der Waals surface area contributed by atoms with Gasteiger partial charge >= 0.3 is 0 Å². The number of ether oxygens (including phenoxy) is 1. The molecule has 6 nitrogen and oxygen atoms in total. The van der Waals surface area contributed by atoms with Gasteiger partial charge in [-0.25, -0.2) is 4.39 Å². The van der Waals surface area contributed by atoms with E-state index in [-0.39, 0.29) is 5.56 Å². The summed E-state index contributed by atoms with van der Waals surface area (Å²) in [6.45, 7) is 7.59. The Kier molecular flexibility index (Phi) is 6.19. The Morgan fingerprint density at radius 2 is 2.24 bits per heavy atom. The summed E-state index contributed by atoms with van der Waals surface area (Å²) in [5, 5.41) is 11.3. The van der Waals surface area contributed by atoms with Crippen LogP contribution in [0, 0.1) is 5.82 Å². The van der Waals surface area contributed by atoms with Crippen molar-refractivity contribution in [3.05, 3.63) is 29.8 Å². The van der Waals surface area contributed by atoms with Gasteiger partial charge in [-0.1, -0.05) is 6.92 Å². The second-order valence-corrected chi connectivity index (χ2v) is 5.55. The number of aliphatic hydroxyl groups excluding tert-OH is 1. The molecule has 1 aromatic heterocycles. The SMILES string of the molecule is CCCN(NC(=O)c1ccncc1F)C(O)OC(C)(C)C. The van der Waals surface area contributed by atoms with E-state index in [0.717, 1.165) is 6.20 Å². The molecule has 7 heteroatoms. The third-order valence-corrected chi connectivity index (χ3v) is 2.45. The minimum absolute atomic E-state index is 0.144. The third kappa shape index (κ3) is 5.74. The average molecular weight is 299 g/mol. The van der Waals surface area contributed by atoms with Gasteiger partial charge in [-0.3, -0.25) is 15.2 Å². The first-order chi connectivity index (χ1) is 9.74. The molecule has 0 fully saturated rings. The molecule has 0 aromatic carbocycles. The lowest BCUT2D eigenvalue weighted by molar-refractivity contribution is -0.248. The lowest BCUT2D eigenvalue weighted by atomic mass is 10.2. The van der Waals surface area contributed by atoms with E-state index >= 15 is 0 Å². The zero-order valence-corrected chi connectivity index (χ0v) is 12.8. The van der Waals surface area contributed by atoms with Crippen molar-refractivity contribution in [1.29, 1.82) is 0 Å². The number of carbonyl (C=O) groups excluding carboxylic acids is 1. The number of aromatic nitrogens is 1. The van der Waals surface area contributed by atoms with Gasteiger partial charge < -0.3 is 9.84 Å². The van der Waals surface area contributed by atoms with Crippen LogP contribution in [0.3, 0.4) is 0 Å². The van der Waals surface area contributed by atoms with Crippen LogP contribution in [0.15, 0.2) is 18.5 Å². The summed E-state index contributed by atoms with van der Waals surface area (Å²) in [6.07, 6.45) is 1.63. The Morgan fingerprint density at radius 1 is 1.57 bits per heavy atom. The van der Waals surface area contributed by atoms with Crippen LogP contribution in [-0.2, 0) is 4.74 Å². The molecule has 0 aliphatic heterocycles. The van der Waals surface area contributed by atoms with Crippen molar-refractivity contribution < 1.29 is 19.0 Å². The maximum Gasteiger partial charge on any atom is 0.268 e. The molecule has 2 N–H and O–H groups in total. The summed E-state index contributed by atoms with van der Waals surface area (Å²) < 4.78 is 18.9. The van der Waals surface area contributed by atoms with Crippen molar-refractivity contribution in [2.75, 3.05) is 6.54 Å². The highest BCUT2D eigenvalue weighted by atomic mass is 19.1. The maximum atomic E-state index is 13.5. The van der Waals surface area contributed by atoms with Gasteiger partial charge in [0.05, 0.1) is 17.4 Å². The van der Waals surface area contributed by atoms with E-state index in [1.807, 2.05) is 6.92 Å². The fraction of sp³-hybridized carbons (Fsp3) is 0.571. The van der Waals surface area contributed by atoms with Crippen LogP contribution in [0.1, 0.15) is 44.5 Å². The molecule has 0 aliphatic rings. The van der Waals surface area contributed by atoms with Gasteiger partial charge in [0.2, 0.25) is 6.41 Å². The zero-order chi connectivity index (χ0) is 16.0. The molecule has 118 valence electrons. The van der Waals surface area contributed by atoms with Crippen LogP contribution in [0.25, 0.3) is 0 Å². The molecule has 21 heavy (non-hydrogen) atoms. The van der Waals surface area contributed by atoms with Crippen molar-refractivity contribution in [1.82, 2.24) is 15.4 Å². The number of pyridine rings is 1. The molecular formula is C14H22FN3O3. The normalized spacial score (nSPS) is 13.3. The van der Waals surface area contributed by atoms with Gasteiger partial charge in [-0.2, -0.15) is 5.01 Å². The van der Waals surface area contributed by atoms with Crippen LogP contribution >= 0.6 is 0 Å². The van der Waals surface area contributed by atoms with E-state index in [9.17, 15) is 14.3 Å². The molecule has 0 spiro atoms. The van der Waals surface area contributed by atoms with Crippen molar-refractivity contribution >= 4 is 5.91 Å². The predicted molar refractivity (Wildman–Crippen MR) is 75.5 cm³/mol. The number of nitrogens with one attached hydrogen (secondary N) is 1. The second-order valence-electron chi connectivity index (χ2n) is 5.55. The van der Waals surface area contributed by atoms with Gasteiger partial charge in [-0.15, -0.1) is 0 Å². The maximum absolute atomic E-state index is 13.5. The Morgan fingerprint density at radius 3 is 2.76 bits per heavy atom. The van der Waals surface area contributed by atoms with Crippen molar-refractivity contribution in [2.24, 2.45) is 0 Å². The summed E-state index contributed by atoms with van der Waals surface area (Å²) in [5.74, 6) is -1.39. The highest BCUT2D eigenvalue weighted by molar-refractivity contribution is 5.93. The molecule has 0 saturated heterocycles. The molecule has 1 unspecified atom stereocenters. The number of hydrazine groups is 1. The van der Waals surface area contributed by atoms with Gasteiger partial charge in [0.1, 0.15) is 0 Å². The van der Waals surface area contributed by atoms with Gasteiger partial charge in [0.25, 0.3) is 5.91 Å². The minimum atomic E-state index is -1.32. The average Bonchev–Trinajstić information content (AvgIpc) is 2.36. The molecule has 0 aliphatic carbocycles. The lowest BCUT2D eigenvalue weighted by Crippen LogP contribution is -2.52. The molecule has 1 amide bonds. The molecule has 1 aromatic rings. The smallest absolute Gasteiger partial charge is 0.268 e. The van der Waals surface area contributed by atoms with Gasteiger partial charge in [0, 0.05) is 12.7 Å². The highest BCUT2D eigenvalue weighted by Gasteiger charge is 2.24. The van der Waals surface area contributed by atoms with Crippen LogP contribution in [0.5, 0.6) is 0 Å². The van der Waals surface area contributed by atoms with Crippen molar-refractivity contribution in [3.8, 4) is 0 Å². The first-order valence-electron chi connectivity index (χ1n) is 6.77. The van der Waals surface area contributed by atoms with E-state index in [1.165, 1.54) is 17.3 Å². The zero-order valence-electron chi connectivity index (χ0n) is 12.8. The van der Waals surface area contributed by atoms with Crippen LogP contribution < -0.4 is 5.43 Å². The molecule has 1 atom stereocenters. The number of aliphatic hydroxyl groups is 1. The molecule has 0 bridgehead atoms. The summed E-state index contributed by atoms with van der Waals surface area (Å²) >= 11 is 0. The molecule has 1 heterocycles. The number of nitrogens with zero attached hydrogens (tertiary/aromatic N) is 2. The van der Waals surface area contributed by atoms with Crippen LogP contribution in [0.4, 0.5) is 4.39 Å². The fourth-order valence-corrected chi connectivity index (χ4v) is 1.59. The standard InChI is InChI=1S/C14H22FN3O3/c1-5-8-18(13(20)21-14(2,3)4)17-12(19)10-6-7-16-9-11(10)15/h6-7,9,13,20H,5,8H2,1-4H3,(H,17,19). The first-order valence-corrected chi connectivity index (χ1v) is 6.77. The summed E-state index contributed by atoms with van der Waals surface area (Å²) in [4.78, 5) is 15.6. The van der Waals surface area contributed by atoms with Crippen molar-refractivity contribution in [3.63, 3.8) is 0 Å². The predicted octanol–water partition coefficient (Wildman–Crippen LogP) is 1.67. The van der Waals surface area contributed by atoms with E-state index in [0.29, 0.717) is 13.0 Å². The number of halogens is 1. The van der Waals surface area contributed by atoms with E-state index < -0.39 is 23.7 Å². The number of rotatable bonds is 6. The lowest BCUT2D eigenvalue weighted by Gasteiger charge is -2.32. The molecule has 1 rings (SSSR count). The summed E-state index contributed by atoms with van der Waals surface area (Å²) in [6, 6.07) is 1.27. The van der Waals surface area contributed by atoms with Crippen LogP contribution in [-0.4, -0.2) is 39.6 Å². The Labute approximate surface area is 123 Å². The number of hydrogen-bond donors (Lipinski definition) is 2. The Hall–Kier alpha value is -1.57. The fourth-order valence-electron chi connectivity index (χ4n) is 1.59. The minimum Gasteiger partial charge on any atom is -0.354 e. The highest BCUT2D eigenvalue weighted by Crippen LogP contribution is 2.12. The Bertz CT molecular complexity index is 477. The number of hydrogen-bond acceptors (Lipinski definition) is 5. The topological polar surface area (TPSA) is 74.7 Å². The summed E-state index contributed by atoms with van der Waals surface area (Å²) in [7, 11) is 0. The Balaban J connectivity index is 2.78. The monoisotopic (exact) mass is 299 g/mol. The third-order valence-electron chi connectivity index (χ3n) is 2.45. The second kappa shape index (κ2) is 7.44. The summed E-state index contributed by atoms with van der Waals surface area (Å²) in [5.41, 5.74) is 1.72. The number of carbonyl (C=O) groups is 1. The van der Waals surface area contributed by atoms with E-state index in [2.05, 4.69) is 10.4 Å². The molecule has 0 saturated carbocycles. The molecule has 0 radical (unpaired) electrons. The quantitative estimate of drug-likeness (QED) is 0.617. The number of amides is 1. The van der Waals surface area contributed by atoms with Gasteiger partial charge in [0.15, 0.2) is 5.82 Å². The van der Waals surface area contributed by atoms with E-state index in [4.69, 9.17) is 4.74 Å². The first kappa shape index (κ1) is 17.5. The largest absolute Gasteiger partial charge is 0.354 e. The van der Waals surface area contributed by atoms with Crippen LogP contribution in [0.2, 0.25) is 0 Å².